The van der Waals surface area contributed by atoms with Gasteiger partial charge in [0.25, 0.3) is 11.1 Å². The number of furan rings is 1. The van der Waals surface area contributed by atoms with Crippen LogP contribution in [0.2, 0.25) is 0 Å². The highest BCUT2D eigenvalue weighted by molar-refractivity contribution is 5.92. The molecule has 0 radical (unpaired) electrons. The third-order valence-electron chi connectivity index (χ3n) is 3.32. The number of hydrogen-bond donors (Lipinski definition) is 3. The molecule has 0 amide bonds. The molecule has 0 fully saturated rings. The largest absolute Gasteiger partial charge is 0.469 e. The summed E-state index contributed by atoms with van der Waals surface area (Å²) in [5.74, 6) is 0.863. The predicted molar refractivity (Wildman–Crippen MR) is 80.7 cm³/mol. The summed E-state index contributed by atoms with van der Waals surface area (Å²) in [6.07, 6.45) is 2.31. The fraction of sp³-hybridized carbons (Fsp3) is 0.200. The van der Waals surface area contributed by atoms with Gasteiger partial charge in [-0.3, -0.25) is 19.8 Å². The van der Waals surface area contributed by atoms with Crippen molar-refractivity contribution in [3.05, 3.63) is 63.1 Å². The van der Waals surface area contributed by atoms with Crippen molar-refractivity contribution in [2.45, 2.75) is 19.4 Å². The van der Waals surface area contributed by atoms with Crippen LogP contribution in [0, 0.1) is 0 Å². The van der Waals surface area contributed by atoms with E-state index in [0.717, 1.165) is 5.76 Å². The molecule has 3 N–H and O–H groups in total. The zero-order valence-electron chi connectivity index (χ0n) is 11.5. The minimum absolute atomic E-state index is 0.0560. The van der Waals surface area contributed by atoms with Crippen molar-refractivity contribution in [2.75, 3.05) is 5.32 Å². The molecular formula is C15H15N3O3. The molecule has 2 heterocycles. The first-order valence-electron chi connectivity index (χ1n) is 6.68. The number of aromatic nitrogens is 2. The molecule has 0 saturated carbocycles. The van der Waals surface area contributed by atoms with E-state index in [1.807, 2.05) is 19.1 Å². The molecule has 0 aliphatic rings. The third-order valence-corrected chi connectivity index (χ3v) is 3.32. The molecule has 1 aromatic carbocycles. The van der Waals surface area contributed by atoms with E-state index in [1.54, 1.807) is 24.5 Å². The zero-order valence-corrected chi connectivity index (χ0v) is 11.5. The molecule has 0 saturated heterocycles. The maximum Gasteiger partial charge on any atom is 0.272 e. The Labute approximate surface area is 119 Å². The van der Waals surface area contributed by atoms with Crippen LogP contribution in [-0.2, 0) is 6.42 Å². The van der Waals surface area contributed by atoms with Gasteiger partial charge in [0.05, 0.1) is 17.0 Å². The lowest BCUT2D eigenvalue weighted by Crippen LogP contribution is -2.23. The zero-order chi connectivity index (χ0) is 14.8. The minimum atomic E-state index is -0.321. The predicted octanol–water partition coefficient (Wildman–Crippen LogP) is 1.85. The van der Waals surface area contributed by atoms with Crippen LogP contribution in [0.4, 0.5) is 5.69 Å². The summed E-state index contributed by atoms with van der Waals surface area (Å²) in [6, 6.07) is 8.96. The molecule has 0 aliphatic carbocycles. The molecule has 0 spiro atoms. The van der Waals surface area contributed by atoms with Gasteiger partial charge in [-0.15, -0.1) is 0 Å². The van der Waals surface area contributed by atoms with Gasteiger partial charge < -0.3 is 9.73 Å². The molecule has 6 heteroatoms. The van der Waals surface area contributed by atoms with E-state index < -0.39 is 0 Å². The Bertz CT molecular complexity index is 862. The van der Waals surface area contributed by atoms with Crippen molar-refractivity contribution in [3.63, 3.8) is 0 Å². The van der Waals surface area contributed by atoms with Crippen molar-refractivity contribution in [1.82, 2.24) is 10.2 Å². The number of fused-ring (bicyclic) bond motifs is 1. The van der Waals surface area contributed by atoms with Crippen LogP contribution in [0.25, 0.3) is 10.8 Å². The molecule has 2 aromatic heterocycles. The number of nitrogens with one attached hydrogen (secondary N) is 3. The number of H-pyrrole nitrogens is 2. The average Bonchev–Trinajstić information content (AvgIpc) is 2.96. The SMILES string of the molecule is CC(Cc1ccco1)Nc1cccc2c(=O)[nH][nH]c(=O)c12. The van der Waals surface area contributed by atoms with Gasteiger partial charge in [0.15, 0.2) is 0 Å². The van der Waals surface area contributed by atoms with Crippen molar-refractivity contribution in [3.8, 4) is 0 Å². The summed E-state index contributed by atoms with van der Waals surface area (Å²) in [7, 11) is 0. The summed E-state index contributed by atoms with van der Waals surface area (Å²) in [5.41, 5.74) is 0.00347. The van der Waals surface area contributed by atoms with Crippen LogP contribution in [0.5, 0.6) is 0 Å². The van der Waals surface area contributed by atoms with Crippen molar-refractivity contribution in [2.24, 2.45) is 0 Å². The molecule has 3 aromatic rings. The molecule has 108 valence electrons. The second-order valence-electron chi connectivity index (χ2n) is 4.97. The van der Waals surface area contributed by atoms with E-state index >= 15 is 0 Å². The van der Waals surface area contributed by atoms with Crippen LogP contribution >= 0.6 is 0 Å². The molecular weight excluding hydrogens is 270 g/mol. The Morgan fingerprint density at radius 2 is 1.95 bits per heavy atom. The van der Waals surface area contributed by atoms with Crippen LogP contribution in [0.1, 0.15) is 12.7 Å². The van der Waals surface area contributed by atoms with Gasteiger partial charge in [-0.2, -0.15) is 0 Å². The second-order valence-corrected chi connectivity index (χ2v) is 4.97. The van der Waals surface area contributed by atoms with Crippen LogP contribution in [-0.4, -0.2) is 16.2 Å². The number of anilines is 1. The fourth-order valence-corrected chi connectivity index (χ4v) is 2.40. The quantitative estimate of drug-likeness (QED) is 0.682. The Balaban J connectivity index is 1.96. The van der Waals surface area contributed by atoms with E-state index in [1.165, 1.54) is 0 Å². The van der Waals surface area contributed by atoms with Gasteiger partial charge in [0, 0.05) is 18.2 Å². The number of benzene rings is 1. The van der Waals surface area contributed by atoms with E-state index in [0.29, 0.717) is 22.9 Å². The second kappa shape index (κ2) is 5.32. The molecule has 0 bridgehead atoms. The molecule has 3 rings (SSSR count). The number of rotatable bonds is 4. The lowest BCUT2D eigenvalue weighted by Gasteiger charge is -2.15. The van der Waals surface area contributed by atoms with Crippen LogP contribution < -0.4 is 16.4 Å². The van der Waals surface area contributed by atoms with Gasteiger partial charge >= 0.3 is 0 Å². The van der Waals surface area contributed by atoms with Crippen molar-refractivity contribution in [1.29, 1.82) is 0 Å². The first-order valence-corrected chi connectivity index (χ1v) is 6.68. The Morgan fingerprint density at radius 1 is 1.14 bits per heavy atom. The van der Waals surface area contributed by atoms with Crippen LogP contribution in [0.3, 0.4) is 0 Å². The summed E-state index contributed by atoms with van der Waals surface area (Å²) in [5, 5.41) is 8.67. The maximum atomic E-state index is 12.0. The van der Waals surface area contributed by atoms with Gasteiger partial charge in [0.1, 0.15) is 5.76 Å². The van der Waals surface area contributed by atoms with Crippen LogP contribution in [0.15, 0.2) is 50.6 Å². The van der Waals surface area contributed by atoms with Crippen molar-refractivity contribution < 1.29 is 4.42 Å². The standard InChI is InChI=1S/C15H15N3O3/c1-9(8-10-4-3-7-21-10)16-12-6-2-5-11-13(12)15(20)18-17-14(11)19/h2-7,9,16H,8H2,1H3,(H,17,19)(H,18,20). The van der Waals surface area contributed by atoms with E-state index in [9.17, 15) is 9.59 Å². The third kappa shape index (κ3) is 2.60. The van der Waals surface area contributed by atoms with Crippen molar-refractivity contribution >= 4 is 16.5 Å². The summed E-state index contributed by atoms with van der Waals surface area (Å²) < 4.78 is 5.31. The topological polar surface area (TPSA) is 90.9 Å². The van der Waals surface area contributed by atoms with Gasteiger partial charge in [0.2, 0.25) is 0 Å². The lowest BCUT2D eigenvalue weighted by molar-refractivity contribution is 0.498. The van der Waals surface area contributed by atoms with Gasteiger partial charge in [-0.05, 0) is 31.2 Å². The molecule has 6 nitrogen and oxygen atoms in total. The molecule has 0 aliphatic heterocycles. The smallest absolute Gasteiger partial charge is 0.272 e. The van der Waals surface area contributed by atoms with E-state index in [4.69, 9.17) is 4.42 Å². The van der Waals surface area contributed by atoms with E-state index in [-0.39, 0.29) is 17.2 Å². The normalized spacial score (nSPS) is 12.4. The number of hydrogen-bond acceptors (Lipinski definition) is 4. The Morgan fingerprint density at radius 3 is 2.71 bits per heavy atom. The monoisotopic (exact) mass is 285 g/mol. The lowest BCUT2D eigenvalue weighted by atomic mass is 10.1. The average molecular weight is 285 g/mol. The Kier molecular flexibility index (Phi) is 3.35. The Hall–Kier alpha value is -2.76. The maximum absolute atomic E-state index is 12.0. The number of aromatic amines is 2. The fourth-order valence-electron chi connectivity index (χ4n) is 2.40. The molecule has 21 heavy (non-hydrogen) atoms. The minimum Gasteiger partial charge on any atom is -0.469 e. The summed E-state index contributed by atoms with van der Waals surface area (Å²) >= 11 is 0. The van der Waals surface area contributed by atoms with Gasteiger partial charge in [-0.1, -0.05) is 6.07 Å². The van der Waals surface area contributed by atoms with Gasteiger partial charge in [-0.25, -0.2) is 0 Å². The highest BCUT2D eigenvalue weighted by Gasteiger charge is 2.11. The first-order chi connectivity index (χ1) is 10.1. The molecule has 1 atom stereocenters. The summed E-state index contributed by atoms with van der Waals surface area (Å²) in [6.45, 7) is 1.99. The van der Waals surface area contributed by atoms with E-state index in [2.05, 4.69) is 15.5 Å². The summed E-state index contributed by atoms with van der Waals surface area (Å²) in [4.78, 5) is 23.7. The molecule has 1 unspecified atom stereocenters. The highest BCUT2D eigenvalue weighted by atomic mass is 16.3. The first kappa shape index (κ1) is 13.2. The highest BCUT2D eigenvalue weighted by Crippen LogP contribution is 2.18.